The SMILES string of the molecule is C[C@]12CCC(=O)C=C1C[C@@H](C(=O)O)[C@H]1[C@@H]3CC[C@@]4(CCC(=O)O4)[C@@]3(C)CC3OC312. The van der Waals surface area contributed by atoms with E-state index in [0.29, 0.717) is 19.3 Å². The van der Waals surface area contributed by atoms with Gasteiger partial charge in [0, 0.05) is 29.6 Å². The first-order valence-electron chi connectivity index (χ1n) is 11.0. The highest BCUT2D eigenvalue weighted by Crippen LogP contribution is 2.78. The molecule has 5 fully saturated rings. The summed E-state index contributed by atoms with van der Waals surface area (Å²) in [5, 5.41) is 10.2. The molecule has 8 atom stereocenters. The average Bonchev–Trinajstić information content (AvgIpc) is 3.14. The smallest absolute Gasteiger partial charge is 0.307 e. The van der Waals surface area contributed by atoms with Crippen LogP contribution in [0.2, 0.25) is 0 Å². The fraction of sp³-hybridized carbons (Fsp3) is 0.783. The van der Waals surface area contributed by atoms with E-state index >= 15 is 0 Å². The normalized spacial score (nSPS) is 54.8. The van der Waals surface area contributed by atoms with Gasteiger partial charge in [-0.15, -0.1) is 0 Å². The third kappa shape index (κ3) is 1.86. The molecule has 0 radical (unpaired) electrons. The monoisotopic (exact) mass is 400 g/mol. The Labute approximate surface area is 170 Å². The summed E-state index contributed by atoms with van der Waals surface area (Å²) in [5.41, 5.74) is -0.492. The molecule has 4 aliphatic carbocycles. The lowest BCUT2D eigenvalue weighted by atomic mass is 9.43. The first-order valence-corrected chi connectivity index (χ1v) is 11.0. The highest BCUT2D eigenvalue weighted by Gasteiger charge is 2.83. The molecule has 3 saturated carbocycles. The van der Waals surface area contributed by atoms with Crippen molar-refractivity contribution >= 4 is 17.7 Å². The molecule has 2 saturated heterocycles. The van der Waals surface area contributed by atoms with Crippen LogP contribution in [0, 0.1) is 28.6 Å². The van der Waals surface area contributed by atoms with E-state index in [1.54, 1.807) is 6.08 Å². The number of carboxylic acid groups (broad SMARTS) is 1. The first kappa shape index (κ1) is 18.1. The number of fused-ring (bicyclic) bond motifs is 4. The molecule has 1 N–H and O–H groups in total. The number of carbonyl (C=O) groups excluding carboxylic acids is 2. The first-order chi connectivity index (χ1) is 13.7. The van der Waals surface area contributed by atoms with E-state index in [4.69, 9.17) is 9.47 Å². The van der Waals surface area contributed by atoms with Gasteiger partial charge in [-0.05, 0) is 50.5 Å². The highest BCUT2D eigenvalue weighted by molar-refractivity contribution is 5.92. The molecule has 29 heavy (non-hydrogen) atoms. The zero-order valence-electron chi connectivity index (χ0n) is 17.0. The molecule has 0 aromatic heterocycles. The number of ketones is 1. The van der Waals surface area contributed by atoms with Gasteiger partial charge in [0.2, 0.25) is 0 Å². The van der Waals surface area contributed by atoms with Gasteiger partial charge in [0.15, 0.2) is 5.78 Å². The third-order valence-corrected chi connectivity index (χ3v) is 10.0. The standard InChI is InChI=1S/C23H28O6/c1-20-6-3-13(24)9-12(20)10-14(19(26)27)18-15-4-7-22(8-5-17(25)29-22)21(15,2)11-16-23(18,20)28-16/h9,14-16,18H,3-8,10-11H2,1-2H3,(H,26,27)/t14-,15+,16?,18+,20+,21+,22-,23?/m1/s1. The number of epoxide rings is 1. The molecule has 0 bridgehead atoms. The van der Waals surface area contributed by atoms with Gasteiger partial charge in [0.1, 0.15) is 11.2 Å². The minimum Gasteiger partial charge on any atom is -0.481 e. The Hall–Kier alpha value is -1.69. The molecule has 6 nitrogen and oxygen atoms in total. The molecule has 2 heterocycles. The van der Waals surface area contributed by atoms with Crippen LogP contribution in [0.5, 0.6) is 0 Å². The van der Waals surface area contributed by atoms with Crippen molar-refractivity contribution in [3.63, 3.8) is 0 Å². The van der Waals surface area contributed by atoms with Crippen molar-refractivity contribution in [1.82, 2.24) is 0 Å². The van der Waals surface area contributed by atoms with E-state index in [9.17, 15) is 19.5 Å². The Morgan fingerprint density at radius 3 is 2.66 bits per heavy atom. The Morgan fingerprint density at radius 1 is 1.17 bits per heavy atom. The summed E-state index contributed by atoms with van der Waals surface area (Å²) in [4.78, 5) is 36.6. The van der Waals surface area contributed by atoms with Gasteiger partial charge < -0.3 is 14.6 Å². The molecule has 6 aliphatic rings. The average molecular weight is 400 g/mol. The van der Waals surface area contributed by atoms with Crippen molar-refractivity contribution in [1.29, 1.82) is 0 Å². The number of rotatable bonds is 1. The Balaban J connectivity index is 1.49. The lowest BCUT2D eigenvalue weighted by Crippen LogP contribution is -2.63. The highest BCUT2D eigenvalue weighted by atomic mass is 16.6. The van der Waals surface area contributed by atoms with Crippen LogP contribution in [0.1, 0.15) is 65.2 Å². The number of carbonyl (C=O) groups is 3. The maximum Gasteiger partial charge on any atom is 0.307 e. The Morgan fingerprint density at radius 2 is 1.97 bits per heavy atom. The fourth-order valence-electron chi connectivity index (χ4n) is 8.55. The third-order valence-electron chi connectivity index (χ3n) is 10.0. The fourth-order valence-corrected chi connectivity index (χ4v) is 8.55. The number of hydrogen-bond donors (Lipinski definition) is 1. The molecule has 6 rings (SSSR count). The van der Waals surface area contributed by atoms with Crippen LogP contribution >= 0.6 is 0 Å². The van der Waals surface area contributed by atoms with Gasteiger partial charge in [-0.3, -0.25) is 14.4 Å². The van der Waals surface area contributed by atoms with E-state index in [2.05, 4.69) is 13.8 Å². The summed E-state index contributed by atoms with van der Waals surface area (Å²) in [5.74, 6) is -1.31. The molecular formula is C23H28O6. The summed E-state index contributed by atoms with van der Waals surface area (Å²) in [7, 11) is 0. The van der Waals surface area contributed by atoms with Crippen LogP contribution in [0.4, 0.5) is 0 Å². The summed E-state index contributed by atoms with van der Waals surface area (Å²) < 4.78 is 12.5. The minimum absolute atomic E-state index is 0.0215. The predicted octanol–water partition coefficient (Wildman–Crippen LogP) is 3.04. The lowest BCUT2D eigenvalue weighted by molar-refractivity contribution is -0.171. The van der Waals surface area contributed by atoms with E-state index < -0.39 is 23.1 Å². The van der Waals surface area contributed by atoms with Gasteiger partial charge in [0.05, 0.1) is 12.0 Å². The van der Waals surface area contributed by atoms with Crippen LogP contribution < -0.4 is 0 Å². The zero-order valence-corrected chi connectivity index (χ0v) is 17.0. The number of esters is 1. The molecule has 2 spiro atoms. The topological polar surface area (TPSA) is 93.2 Å². The Bertz CT molecular complexity index is 892. The quantitative estimate of drug-likeness (QED) is 0.537. The van der Waals surface area contributed by atoms with E-state index in [1.165, 1.54) is 0 Å². The summed E-state index contributed by atoms with van der Waals surface area (Å²) in [6.07, 6.45) is 7.07. The molecular weight excluding hydrogens is 372 g/mol. The second kappa shape index (κ2) is 5.13. The maximum absolute atomic E-state index is 12.4. The van der Waals surface area contributed by atoms with Crippen LogP contribution in [0.3, 0.4) is 0 Å². The van der Waals surface area contributed by atoms with Crippen LogP contribution in [-0.4, -0.2) is 40.1 Å². The number of carboxylic acids is 1. The van der Waals surface area contributed by atoms with Gasteiger partial charge in [-0.25, -0.2) is 0 Å². The molecule has 156 valence electrons. The van der Waals surface area contributed by atoms with Crippen molar-refractivity contribution in [3.8, 4) is 0 Å². The largest absolute Gasteiger partial charge is 0.481 e. The van der Waals surface area contributed by atoms with E-state index in [0.717, 1.165) is 37.7 Å². The zero-order chi connectivity index (χ0) is 20.4. The number of hydrogen-bond acceptors (Lipinski definition) is 5. The minimum atomic E-state index is -0.793. The number of ether oxygens (including phenoxy) is 2. The van der Waals surface area contributed by atoms with Crippen molar-refractivity contribution < 1.29 is 29.0 Å². The van der Waals surface area contributed by atoms with Gasteiger partial charge in [-0.1, -0.05) is 19.4 Å². The summed E-state index contributed by atoms with van der Waals surface area (Å²) >= 11 is 0. The predicted molar refractivity (Wildman–Crippen MR) is 101 cm³/mol. The molecule has 0 aromatic rings. The maximum atomic E-state index is 12.4. The van der Waals surface area contributed by atoms with E-state index in [-0.39, 0.29) is 40.5 Å². The van der Waals surface area contributed by atoms with Gasteiger partial charge in [0.25, 0.3) is 0 Å². The van der Waals surface area contributed by atoms with Crippen LogP contribution in [0.25, 0.3) is 0 Å². The Kier molecular flexibility index (Phi) is 3.20. The molecule has 0 aromatic carbocycles. The second-order valence-corrected chi connectivity index (χ2v) is 10.8. The summed E-state index contributed by atoms with van der Waals surface area (Å²) in [6, 6.07) is 0. The molecule has 2 unspecified atom stereocenters. The molecule has 0 amide bonds. The van der Waals surface area contributed by atoms with Crippen molar-refractivity contribution in [2.45, 2.75) is 82.5 Å². The van der Waals surface area contributed by atoms with Crippen LogP contribution in [-0.2, 0) is 23.9 Å². The van der Waals surface area contributed by atoms with Gasteiger partial charge >= 0.3 is 11.9 Å². The lowest BCUT2D eigenvalue weighted by Gasteiger charge is -2.58. The number of aliphatic carboxylic acids is 1. The van der Waals surface area contributed by atoms with Crippen molar-refractivity contribution in [2.24, 2.45) is 28.6 Å². The molecule has 6 heteroatoms. The molecule has 2 aliphatic heterocycles. The van der Waals surface area contributed by atoms with E-state index in [1.807, 2.05) is 0 Å². The second-order valence-electron chi connectivity index (χ2n) is 10.8. The van der Waals surface area contributed by atoms with Gasteiger partial charge in [-0.2, -0.15) is 0 Å². The van der Waals surface area contributed by atoms with Crippen molar-refractivity contribution in [3.05, 3.63) is 11.6 Å². The van der Waals surface area contributed by atoms with Crippen LogP contribution in [0.15, 0.2) is 11.6 Å². The van der Waals surface area contributed by atoms with Crippen molar-refractivity contribution in [2.75, 3.05) is 0 Å². The summed E-state index contributed by atoms with van der Waals surface area (Å²) in [6.45, 7) is 4.41.